The summed E-state index contributed by atoms with van der Waals surface area (Å²) in [6.07, 6.45) is 3.83. The van der Waals surface area contributed by atoms with Crippen LogP contribution in [0.2, 0.25) is 0 Å². The molecule has 1 aliphatic rings. The maximum absolute atomic E-state index is 13.5. The van der Waals surface area contributed by atoms with E-state index in [0.717, 1.165) is 5.69 Å². The van der Waals surface area contributed by atoms with Crippen LogP contribution in [0.1, 0.15) is 32.3 Å². The molecule has 0 radical (unpaired) electrons. The molecule has 1 aliphatic heterocycles. The molecule has 0 saturated carbocycles. The average molecular weight is 563 g/mol. The van der Waals surface area contributed by atoms with Crippen molar-refractivity contribution in [2.45, 2.75) is 31.6 Å². The van der Waals surface area contributed by atoms with Gasteiger partial charge in [0.25, 0.3) is 0 Å². The molecule has 3 aromatic rings. The van der Waals surface area contributed by atoms with Gasteiger partial charge in [-0.25, -0.2) is 17.9 Å². The van der Waals surface area contributed by atoms with Crippen LogP contribution < -0.4 is 0 Å². The Morgan fingerprint density at radius 2 is 1.75 bits per heavy atom. The molecule has 1 aromatic heterocycles. The number of sulfonamides is 1. The zero-order valence-electron chi connectivity index (χ0n) is 22.3. The number of aromatic nitrogens is 2. The van der Waals surface area contributed by atoms with E-state index in [9.17, 15) is 23.3 Å². The summed E-state index contributed by atoms with van der Waals surface area (Å²) in [5.74, 6) is -1.37. The number of nitrogens with zero attached hydrogens (tertiary/aromatic N) is 4. The molecule has 0 atom stereocenters. The molecule has 4 rings (SSSR count). The van der Waals surface area contributed by atoms with E-state index in [4.69, 9.17) is 9.47 Å². The number of hydrogen-bond acceptors (Lipinski definition) is 8. The smallest absolute Gasteiger partial charge is 0.348 e. The molecule has 0 amide bonds. The van der Waals surface area contributed by atoms with Crippen molar-refractivity contribution in [3.8, 4) is 23.0 Å². The number of piperidine rings is 1. The number of esters is 2. The van der Waals surface area contributed by atoms with Gasteiger partial charge >= 0.3 is 11.9 Å². The molecule has 0 aliphatic carbocycles. The molecule has 0 bridgehead atoms. The normalized spacial score (nSPS) is 14.9. The number of carbonyl (C=O) groups is 2. The Kier molecular flexibility index (Phi) is 9.14. The van der Waals surface area contributed by atoms with E-state index < -0.39 is 16.0 Å². The second-order valence-electron chi connectivity index (χ2n) is 9.06. The van der Waals surface area contributed by atoms with Crippen molar-refractivity contribution in [3.63, 3.8) is 0 Å². The topological polar surface area (TPSA) is 132 Å². The quantitative estimate of drug-likeness (QED) is 0.217. The minimum Gasteiger partial charge on any atom is -0.466 e. The van der Waals surface area contributed by atoms with Gasteiger partial charge in [-0.3, -0.25) is 4.79 Å². The fraction of sp³-hybridized carbons (Fsp3) is 0.310. The lowest BCUT2D eigenvalue weighted by molar-refractivity contribution is -0.149. The Morgan fingerprint density at radius 3 is 2.40 bits per heavy atom. The van der Waals surface area contributed by atoms with Gasteiger partial charge in [0.1, 0.15) is 17.3 Å². The summed E-state index contributed by atoms with van der Waals surface area (Å²) in [4.78, 5) is 24.5. The molecule has 208 valence electrons. The van der Waals surface area contributed by atoms with E-state index in [1.54, 1.807) is 36.9 Å². The van der Waals surface area contributed by atoms with Crippen molar-refractivity contribution < 1.29 is 27.5 Å². The van der Waals surface area contributed by atoms with Gasteiger partial charge in [-0.2, -0.15) is 14.7 Å². The zero-order valence-corrected chi connectivity index (χ0v) is 23.1. The molecule has 0 spiro atoms. The SMILES string of the molecule is CCOC(=O)/C(C#N)=C\c1cn(-c2ccccc2)nc1-c1cccc(S(=O)(=O)N2CCC(C(=O)OCC)CC2)c1. The van der Waals surface area contributed by atoms with Gasteiger partial charge in [0.15, 0.2) is 0 Å². The van der Waals surface area contributed by atoms with E-state index in [2.05, 4.69) is 5.10 Å². The highest BCUT2D eigenvalue weighted by atomic mass is 32.2. The number of para-hydroxylation sites is 1. The van der Waals surface area contributed by atoms with Gasteiger partial charge < -0.3 is 9.47 Å². The Hall–Kier alpha value is -4.27. The molecule has 10 nitrogen and oxygen atoms in total. The molecule has 0 unspecified atom stereocenters. The summed E-state index contributed by atoms with van der Waals surface area (Å²) in [6.45, 7) is 4.21. The predicted molar refractivity (Wildman–Crippen MR) is 147 cm³/mol. The first-order valence-electron chi connectivity index (χ1n) is 13.0. The lowest BCUT2D eigenvalue weighted by Crippen LogP contribution is -2.40. The number of benzene rings is 2. The van der Waals surface area contributed by atoms with Crippen LogP contribution in [0.5, 0.6) is 0 Å². The van der Waals surface area contributed by atoms with Crippen molar-refractivity contribution in [1.82, 2.24) is 14.1 Å². The minimum absolute atomic E-state index is 0.0784. The number of nitriles is 1. The Balaban J connectivity index is 1.70. The number of hydrogen-bond donors (Lipinski definition) is 0. The number of rotatable bonds is 9. The zero-order chi connectivity index (χ0) is 28.7. The highest BCUT2D eigenvalue weighted by molar-refractivity contribution is 7.89. The van der Waals surface area contributed by atoms with Crippen LogP contribution in [0, 0.1) is 17.2 Å². The largest absolute Gasteiger partial charge is 0.466 e. The van der Waals surface area contributed by atoms with Crippen LogP contribution >= 0.6 is 0 Å². The minimum atomic E-state index is -3.86. The number of carbonyl (C=O) groups excluding carboxylic acids is 2. The second-order valence-corrected chi connectivity index (χ2v) is 11.0. The van der Waals surface area contributed by atoms with Crippen LogP contribution in [0.3, 0.4) is 0 Å². The molecule has 40 heavy (non-hydrogen) atoms. The first kappa shape index (κ1) is 28.7. The van der Waals surface area contributed by atoms with E-state index in [-0.39, 0.29) is 48.7 Å². The lowest BCUT2D eigenvalue weighted by atomic mass is 9.98. The third kappa shape index (κ3) is 6.30. The predicted octanol–water partition coefficient (Wildman–Crippen LogP) is 3.97. The molecule has 0 N–H and O–H groups in total. The molecule has 2 heterocycles. The third-order valence-electron chi connectivity index (χ3n) is 6.50. The second kappa shape index (κ2) is 12.7. The van der Waals surface area contributed by atoms with Gasteiger partial charge in [-0.05, 0) is 57.0 Å². The fourth-order valence-electron chi connectivity index (χ4n) is 4.48. The first-order valence-corrected chi connectivity index (χ1v) is 14.4. The third-order valence-corrected chi connectivity index (χ3v) is 8.39. The highest BCUT2D eigenvalue weighted by Gasteiger charge is 2.33. The van der Waals surface area contributed by atoms with Gasteiger partial charge in [-0.15, -0.1) is 0 Å². The summed E-state index contributed by atoms with van der Waals surface area (Å²) in [7, 11) is -3.86. The summed E-state index contributed by atoms with van der Waals surface area (Å²) in [6, 6.07) is 17.5. The summed E-state index contributed by atoms with van der Waals surface area (Å²) in [5, 5.41) is 14.3. The molecule has 1 saturated heterocycles. The summed E-state index contributed by atoms with van der Waals surface area (Å²) in [5.41, 5.74) is 1.86. The average Bonchev–Trinajstić information content (AvgIpc) is 3.40. The Labute approximate surface area is 233 Å². The van der Waals surface area contributed by atoms with Crippen LogP contribution in [-0.2, 0) is 29.1 Å². The van der Waals surface area contributed by atoms with Gasteiger partial charge in [0, 0.05) is 30.4 Å². The number of ether oxygens (including phenoxy) is 2. The highest BCUT2D eigenvalue weighted by Crippen LogP contribution is 2.30. The molecule has 2 aromatic carbocycles. The first-order chi connectivity index (χ1) is 19.3. The molecule has 1 fully saturated rings. The van der Waals surface area contributed by atoms with Crippen molar-refractivity contribution in [3.05, 3.63) is 71.9 Å². The molecular formula is C29H30N4O6S. The Morgan fingerprint density at radius 1 is 1.05 bits per heavy atom. The van der Waals surface area contributed by atoms with Gasteiger partial charge in [0.05, 0.1) is 29.7 Å². The van der Waals surface area contributed by atoms with Crippen molar-refractivity contribution in [2.24, 2.45) is 5.92 Å². The van der Waals surface area contributed by atoms with E-state index in [1.165, 1.54) is 22.5 Å². The van der Waals surface area contributed by atoms with Gasteiger partial charge in [-0.1, -0.05) is 30.3 Å². The molecule has 11 heteroatoms. The van der Waals surface area contributed by atoms with Crippen LogP contribution in [-0.4, -0.2) is 60.7 Å². The summed E-state index contributed by atoms with van der Waals surface area (Å²) < 4.78 is 40.1. The fourth-order valence-corrected chi connectivity index (χ4v) is 5.99. The maximum atomic E-state index is 13.5. The Bertz CT molecular complexity index is 1550. The van der Waals surface area contributed by atoms with E-state index in [0.29, 0.717) is 29.7 Å². The van der Waals surface area contributed by atoms with Crippen molar-refractivity contribution >= 4 is 28.0 Å². The maximum Gasteiger partial charge on any atom is 0.348 e. The van der Waals surface area contributed by atoms with Gasteiger partial charge in [0.2, 0.25) is 10.0 Å². The monoisotopic (exact) mass is 562 g/mol. The molecular weight excluding hydrogens is 532 g/mol. The summed E-state index contributed by atoms with van der Waals surface area (Å²) >= 11 is 0. The lowest BCUT2D eigenvalue weighted by Gasteiger charge is -2.30. The van der Waals surface area contributed by atoms with Crippen LogP contribution in [0.15, 0.2) is 71.3 Å². The van der Waals surface area contributed by atoms with E-state index >= 15 is 0 Å². The van der Waals surface area contributed by atoms with Crippen LogP contribution in [0.25, 0.3) is 23.0 Å². The van der Waals surface area contributed by atoms with Crippen LogP contribution in [0.4, 0.5) is 0 Å². The van der Waals surface area contributed by atoms with E-state index in [1.807, 2.05) is 36.4 Å². The standard InChI is InChI=1S/C29H30N4O6S/c1-3-38-28(34)21-13-15-32(16-14-21)40(36,37)26-12-8-9-22(18-26)27-24(17-23(19-30)29(35)39-4-2)20-33(31-27)25-10-6-5-7-11-25/h5-12,17-18,20-21H,3-4,13-16H2,1-2H3/b23-17-. The van der Waals surface area contributed by atoms with Crippen molar-refractivity contribution in [1.29, 1.82) is 5.26 Å². The van der Waals surface area contributed by atoms with Crippen molar-refractivity contribution in [2.75, 3.05) is 26.3 Å².